The lowest BCUT2D eigenvalue weighted by molar-refractivity contribution is 0.294. The molecule has 0 saturated heterocycles. The first-order valence-corrected chi connectivity index (χ1v) is 6.74. The maximum Gasteiger partial charge on any atom is 0.118 e. The third-order valence-electron chi connectivity index (χ3n) is 2.82. The second kappa shape index (κ2) is 8.37. The maximum absolute atomic E-state index is 5.80. The predicted octanol–water partition coefficient (Wildman–Crippen LogP) is 3.19. The van der Waals surface area contributed by atoms with E-state index in [2.05, 4.69) is 24.0 Å². The normalized spacial score (nSPS) is 10.8. The summed E-state index contributed by atoms with van der Waals surface area (Å²) >= 11 is 5.80. The van der Waals surface area contributed by atoms with E-state index in [1.165, 1.54) is 12.0 Å². The molecule has 0 fully saturated rings. The molecule has 0 atom stereocenters. The number of nitrogens with zero attached hydrogens (tertiary/aromatic N) is 1. The quantitative estimate of drug-likeness (QED) is 0.662. The van der Waals surface area contributed by atoms with Crippen LogP contribution in [-0.2, 0) is 6.42 Å². The van der Waals surface area contributed by atoms with E-state index >= 15 is 0 Å². The number of rotatable bonds is 8. The van der Waals surface area contributed by atoms with Gasteiger partial charge in [0, 0.05) is 19.0 Å². The van der Waals surface area contributed by atoms with E-state index in [0.29, 0.717) is 5.88 Å². The van der Waals surface area contributed by atoms with Crippen LogP contribution in [0.2, 0.25) is 0 Å². The van der Waals surface area contributed by atoms with E-state index in [4.69, 9.17) is 16.3 Å². The first-order valence-electron chi connectivity index (χ1n) is 6.21. The summed E-state index contributed by atoms with van der Waals surface area (Å²) in [6, 6.07) is 8.29. The van der Waals surface area contributed by atoms with Gasteiger partial charge in [0.05, 0.1) is 7.11 Å². The number of hydrogen-bond donors (Lipinski definition) is 0. The summed E-state index contributed by atoms with van der Waals surface area (Å²) in [5.74, 6) is 1.63. The van der Waals surface area contributed by atoms with Crippen LogP contribution in [0.3, 0.4) is 0 Å². The number of ether oxygens (including phenoxy) is 1. The fourth-order valence-corrected chi connectivity index (χ4v) is 2.09. The molecular weight excluding hydrogens is 234 g/mol. The van der Waals surface area contributed by atoms with Crippen LogP contribution in [0, 0.1) is 0 Å². The van der Waals surface area contributed by atoms with Crippen molar-refractivity contribution in [1.29, 1.82) is 0 Å². The number of benzene rings is 1. The SMILES string of the molecule is CCCN(CCCl)CCc1ccc(OC)cc1. The standard InChI is InChI=1S/C14H22ClNO/c1-3-10-16(12-9-15)11-8-13-4-6-14(17-2)7-5-13/h4-7H,3,8-12H2,1-2H3. The molecule has 0 aromatic heterocycles. The predicted molar refractivity (Wildman–Crippen MR) is 74.1 cm³/mol. The van der Waals surface area contributed by atoms with Crippen LogP contribution in [0.1, 0.15) is 18.9 Å². The minimum absolute atomic E-state index is 0.711. The fraction of sp³-hybridized carbons (Fsp3) is 0.571. The van der Waals surface area contributed by atoms with E-state index < -0.39 is 0 Å². The fourth-order valence-electron chi connectivity index (χ4n) is 1.85. The third kappa shape index (κ3) is 5.42. The summed E-state index contributed by atoms with van der Waals surface area (Å²) < 4.78 is 5.14. The van der Waals surface area contributed by atoms with Gasteiger partial charge in [-0.2, -0.15) is 0 Å². The molecule has 0 bridgehead atoms. The van der Waals surface area contributed by atoms with Gasteiger partial charge >= 0.3 is 0 Å². The average Bonchev–Trinajstić information content (AvgIpc) is 2.37. The molecule has 0 spiro atoms. The second-order valence-corrected chi connectivity index (χ2v) is 4.51. The minimum Gasteiger partial charge on any atom is -0.497 e. The van der Waals surface area contributed by atoms with Gasteiger partial charge in [-0.15, -0.1) is 11.6 Å². The van der Waals surface area contributed by atoms with Gasteiger partial charge in [0.2, 0.25) is 0 Å². The molecule has 0 aliphatic carbocycles. The zero-order valence-corrected chi connectivity index (χ0v) is 11.5. The number of hydrogen-bond acceptors (Lipinski definition) is 2. The van der Waals surface area contributed by atoms with E-state index in [-0.39, 0.29) is 0 Å². The van der Waals surface area contributed by atoms with E-state index in [0.717, 1.165) is 31.8 Å². The Hall–Kier alpha value is -0.730. The smallest absolute Gasteiger partial charge is 0.118 e. The Morgan fingerprint density at radius 3 is 2.35 bits per heavy atom. The van der Waals surface area contributed by atoms with Crippen molar-refractivity contribution in [3.05, 3.63) is 29.8 Å². The third-order valence-corrected chi connectivity index (χ3v) is 2.99. The second-order valence-electron chi connectivity index (χ2n) is 4.13. The van der Waals surface area contributed by atoms with Crippen molar-refractivity contribution in [3.63, 3.8) is 0 Å². The molecule has 0 unspecified atom stereocenters. The van der Waals surface area contributed by atoms with Gasteiger partial charge in [0.15, 0.2) is 0 Å². The molecule has 0 radical (unpaired) electrons. The molecule has 3 heteroatoms. The summed E-state index contributed by atoms with van der Waals surface area (Å²) in [6.45, 7) is 5.38. The summed E-state index contributed by atoms with van der Waals surface area (Å²) in [7, 11) is 1.69. The molecule has 1 rings (SSSR count). The van der Waals surface area contributed by atoms with Gasteiger partial charge in [-0.25, -0.2) is 0 Å². The van der Waals surface area contributed by atoms with Crippen LogP contribution in [0.25, 0.3) is 0 Å². The highest BCUT2D eigenvalue weighted by Crippen LogP contribution is 2.12. The first-order chi connectivity index (χ1) is 8.30. The monoisotopic (exact) mass is 255 g/mol. The van der Waals surface area contributed by atoms with Crippen molar-refractivity contribution in [2.24, 2.45) is 0 Å². The molecule has 96 valence electrons. The molecule has 0 amide bonds. The van der Waals surface area contributed by atoms with Crippen molar-refractivity contribution < 1.29 is 4.74 Å². The molecule has 0 heterocycles. The molecule has 0 aliphatic heterocycles. The van der Waals surface area contributed by atoms with Crippen molar-refractivity contribution in [2.45, 2.75) is 19.8 Å². The van der Waals surface area contributed by atoms with Crippen molar-refractivity contribution in [2.75, 3.05) is 32.6 Å². The average molecular weight is 256 g/mol. The number of methoxy groups -OCH3 is 1. The highest BCUT2D eigenvalue weighted by molar-refractivity contribution is 6.18. The zero-order valence-electron chi connectivity index (χ0n) is 10.8. The Kier molecular flexibility index (Phi) is 7.06. The summed E-state index contributed by atoms with van der Waals surface area (Å²) in [6.07, 6.45) is 2.25. The molecular formula is C14H22ClNO. The van der Waals surface area contributed by atoms with Gasteiger partial charge < -0.3 is 9.64 Å². The van der Waals surface area contributed by atoms with Gasteiger partial charge in [0.1, 0.15) is 5.75 Å². The van der Waals surface area contributed by atoms with Crippen LogP contribution < -0.4 is 4.74 Å². The number of halogens is 1. The lowest BCUT2D eigenvalue weighted by atomic mass is 10.1. The van der Waals surface area contributed by atoms with Crippen LogP contribution in [0.5, 0.6) is 5.75 Å². The minimum atomic E-state index is 0.711. The van der Waals surface area contributed by atoms with Crippen LogP contribution >= 0.6 is 11.6 Å². The zero-order chi connectivity index (χ0) is 12.5. The summed E-state index contributed by atoms with van der Waals surface area (Å²) in [5, 5.41) is 0. The Labute approximate surface area is 110 Å². The lowest BCUT2D eigenvalue weighted by Crippen LogP contribution is -2.28. The van der Waals surface area contributed by atoms with E-state index in [1.807, 2.05) is 12.1 Å². The van der Waals surface area contributed by atoms with Gasteiger partial charge in [-0.1, -0.05) is 19.1 Å². The van der Waals surface area contributed by atoms with Crippen LogP contribution in [-0.4, -0.2) is 37.5 Å². The highest BCUT2D eigenvalue weighted by atomic mass is 35.5. The summed E-state index contributed by atoms with van der Waals surface area (Å²) in [4.78, 5) is 2.41. The largest absolute Gasteiger partial charge is 0.497 e. The molecule has 0 N–H and O–H groups in total. The van der Waals surface area contributed by atoms with Gasteiger partial charge in [0.25, 0.3) is 0 Å². The summed E-state index contributed by atoms with van der Waals surface area (Å²) in [5.41, 5.74) is 1.35. The van der Waals surface area contributed by atoms with Gasteiger partial charge in [-0.05, 0) is 37.1 Å². The Morgan fingerprint density at radius 2 is 1.82 bits per heavy atom. The Balaban J connectivity index is 2.41. The van der Waals surface area contributed by atoms with Crippen molar-refractivity contribution in [3.8, 4) is 5.75 Å². The Morgan fingerprint density at radius 1 is 1.12 bits per heavy atom. The molecule has 1 aromatic carbocycles. The Bertz CT molecular complexity index is 294. The van der Waals surface area contributed by atoms with Crippen LogP contribution in [0.15, 0.2) is 24.3 Å². The topological polar surface area (TPSA) is 12.5 Å². The van der Waals surface area contributed by atoms with E-state index in [1.54, 1.807) is 7.11 Å². The van der Waals surface area contributed by atoms with Crippen molar-refractivity contribution >= 4 is 11.6 Å². The molecule has 1 aromatic rings. The number of alkyl halides is 1. The van der Waals surface area contributed by atoms with Gasteiger partial charge in [-0.3, -0.25) is 0 Å². The highest BCUT2D eigenvalue weighted by Gasteiger charge is 2.03. The first kappa shape index (κ1) is 14.3. The molecule has 17 heavy (non-hydrogen) atoms. The molecule has 0 aliphatic rings. The lowest BCUT2D eigenvalue weighted by Gasteiger charge is -2.20. The van der Waals surface area contributed by atoms with Crippen molar-refractivity contribution in [1.82, 2.24) is 4.90 Å². The molecule has 2 nitrogen and oxygen atoms in total. The van der Waals surface area contributed by atoms with Crippen LogP contribution in [0.4, 0.5) is 0 Å². The molecule has 0 saturated carbocycles. The van der Waals surface area contributed by atoms with E-state index in [9.17, 15) is 0 Å². The maximum atomic E-state index is 5.80.